The Kier molecular flexibility index (Phi) is 8.53. The van der Waals surface area contributed by atoms with Gasteiger partial charge in [-0.15, -0.1) is 0 Å². The molecule has 0 atom stereocenters. The average Bonchev–Trinajstić information content (AvgIpc) is 3.27. The minimum atomic E-state index is -0.269. The molecule has 0 unspecified atom stereocenters. The van der Waals surface area contributed by atoms with Gasteiger partial charge in [0.25, 0.3) is 11.8 Å². The molecular formula is C29H38N6O3. The summed E-state index contributed by atoms with van der Waals surface area (Å²) < 4.78 is 0. The summed E-state index contributed by atoms with van der Waals surface area (Å²) in [5.41, 5.74) is 2.48. The summed E-state index contributed by atoms with van der Waals surface area (Å²) >= 11 is 0. The smallest absolute Gasteiger partial charge is 0.257 e. The molecule has 2 aliphatic heterocycles. The summed E-state index contributed by atoms with van der Waals surface area (Å²) in [5, 5.41) is 6.37. The molecule has 202 valence electrons. The van der Waals surface area contributed by atoms with Crippen LogP contribution in [0.5, 0.6) is 0 Å². The number of amides is 3. The molecule has 1 saturated carbocycles. The van der Waals surface area contributed by atoms with E-state index in [1.165, 1.54) is 12.6 Å². The van der Waals surface area contributed by atoms with E-state index in [2.05, 4.69) is 20.5 Å². The highest BCUT2D eigenvalue weighted by atomic mass is 16.2. The zero-order valence-corrected chi connectivity index (χ0v) is 22.0. The maximum atomic E-state index is 13.3. The van der Waals surface area contributed by atoms with Crippen molar-refractivity contribution < 1.29 is 14.4 Å². The van der Waals surface area contributed by atoms with Crippen molar-refractivity contribution in [1.29, 1.82) is 0 Å². The summed E-state index contributed by atoms with van der Waals surface area (Å²) in [5.74, 6) is 0.167. The Labute approximate surface area is 224 Å². The van der Waals surface area contributed by atoms with Gasteiger partial charge in [0.1, 0.15) is 0 Å². The van der Waals surface area contributed by atoms with Gasteiger partial charge in [0.05, 0.1) is 16.9 Å². The summed E-state index contributed by atoms with van der Waals surface area (Å²) in [6.45, 7) is 5.73. The molecule has 1 aliphatic carbocycles. The lowest BCUT2D eigenvalue weighted by Gasteiger charge is -2.39. The highest BCUT2D eigenvalue weighted by molar-refractivity contribution is 6.07. The molecule has 3 fully saturated rings. The van der Waals surface area contributed by atoms with E-state index in [9.17, 15) is 14.4 Å². The van der Waals surface area contributed by atoms with Crippen molar-refractivity contribution in [3.63, 3.8) is 0 Å². The van der Waals surface area contributed by atoms with Crippen LogP contribution in [-0.4, -0.2) is 84.9 Å². The summed E-state index contributed by atoms with van der Waals surface area (Å²) in [6.07, 6.45) is 9.62. The van der Waals surface area contributed by atoms with Crippen molar-refractivity contribution in [2.45, 2.75) is 38.5 Å². The first kappa shape index (κ1) is 26.2. The van der Waals surface area contributed by atoms with Crippen LogP contribution in [0.1, 0.15) is 59.2 Å². The number of carbonyl (C=O) groups excluding carboxylic acids is 3. The predicted molar refractivity (Wildman–Crippen MR) is 147 cm³/mol. The standard InChI is InChI=1S/C29H38N6O3/c36-27(24-8-4-11-31-21-24)32-25-20-23(29(38)34-14-5-12-30-13-15-34)9-10-26(25)33-16-18-35(19-17-33)28(37)22-6-2-1-3-7-22/h4,8-11,20-22,30H,1-3,5-7,12-19H2,(H,32,36). The summed E-state index contributed by atoms with van der Waals surface area (Å²) in [7, 11) is 0. The van der Waals surface area contributed by atoms with Crippen molar-refractivity contribution >= 4 is 29.1 Å². The van der Waals surface area contributed by atoms with Gasteiger partial charge in [-0.3, -0.25) is 19.4 Å². The number of nitrogens with zero attached hydrogens (tertiary/aromatic N) is 4. The first-order valence-electron chi connectivity index (χ1n) is 14.0. The van der Waals surface area contributed by atoms with Gasteiger partial charge in [0.15, 0.2) is 0 Å². The molecule has 2 N–H and O–H groups in total. The van der Waals surface area contributed by atoms with Crippen molar-refractivity contribution in [3.05, 3.63) is 53.9 Å². The number of nitrogens with one attached hydrogen (secondary N) is 2. The van der Waals surface area contributed by atoms with Crippen LogP contribution in [-0.2, 0) is 4.79 Å². The number of piperazine rings is 1. The molecule has 3 amide bonds. The van der Waals surface area contributed by atoms with Crippen LogP contribution < -0.4 is 15.5 Å². The molecule has 1 aromatic carbocycles. The SMILES string of the molecule is O=C(Nc1cc(C(=O)N2CCCNCC2)ccc1N1CCN(C(=O)C2CCCCC2)CC1)c1cccnc1. The fourth-order valence-electron chi connectivity index (χ4n) is 5.74. The van der Waals surface area contributed by atoms with E-state index in [1.807, 2.05) is 21.9 Å². The zero-order valence-electron chi connectivity index (χ0n) is 22.0. The Morgan fingerprint density at radius 1 is 0.842 bits per heavy atom. The lowest BCUT2D eigenvalue weighted by molar-refractivity contribution is -0.136. The van der Waals surface area contributed by atoms with Crippen LogP contribution in [0.4, 0.5) is 11.4 Å². The fourth-order valence-corrected chi connectivity index (χ4v) is 5.74. The average molecular weight is 519 g/mol. The molecular weight excluding hydrogens is 480 g/mol. The van der Waals surface area contributed by atoms with Crippen molar-refractivity contribution in [1.82, 2.24) is 20.1 Å². The molecule has 0 radical (unpaired) electrons. The molecule has 3 heterocycles. The van der Waals surface area contributed by atoms with Crippen molar-refractivity contribution in [2.24, 2.45) is 5.92 Å². The Balaban J connectivity index is 1.34. The fraction of sp³-hybridized carbons (Fsp3) is 0.517. The molecule has 5 rings (SSSR count). The number of benzene rings is 1. The minimum Gasteiger partial charge on any atom is -0.366 e. The highest BCUT2D eigenvalue weighted by Gasteiger charge is 2.29. The molecule has 0 bridgehead atoms. The highest BCUT2D eigenvalue weighted by Crippen LogP contribution is 2.31. The first-order chi connectivity index (χ1) is 18.6. The Morgan fingerprint density at radius 2 is 1.66 bits per heavy atom. The van der Waals surface area contributed by atoms with Crippen LogP contribution in [0.15, 0.2) is 42.7 Å². The zero-order chi connectivity index (χ0) is 26.3. The monoisotopic (exact) mass is 518 g/mol. The van der Waals surface area contributed by atoms with Gasteiger partial charge in [-0.25, -0.2) is 0 Å². The van der Waals surface area contributed by atoms with E-state index in [-0.39, 0.29) is 17.7 Å². The second-order valence-electron chi connectivity index (χ2n) is 10.5. The third-order valence-electron chi connectivity index (χ3n) is 7.93. The lowest BCUT2D eigenvalue weighted by Crippen LogP contribution is -2.50. The van der Waals surface area contributed by atoms with Crippen LogP contribution >= 0.6 is 0 Å². The quantitative estimate of drug-likeness (QED) is 0.632. The normalized spacial score (nSPS) is 19.1. The molecule has 2 saturated heterocycles. The Hall–Kier alpha value is -3.46. The first-order valence-corrected chi connectivity index (χ1v) is 14.0. The van der Waals surface area contributed by atoms with Gasteiger partial charge >= 0.3 is 0 Å². The second-order valence-corrected chi connectivity index (χ2v) is 10.5. The third kappa shape index (κ3) is 6.15. The Bertz CT molecular complexity index is 1120. The molecule has 1 aromatic heterocycles. The molecule has 9 nitrogen and oxygen atoms in total. The van der Waals surface area contributed by atoms with Crippen molar-refractivity contribution in [3.8, 4) is 0 Å². The van der Waals surface area contributed by atoms with E-state index in [4.69, 9.17) is 0 Å². The molecule has 9 heteroatoms. The largest absolute Gasteiger partial charge is 0.366 e. The number of anilines is 2. The van der Waals surface area contributed by atoms with E-state index < -0.39 is 0 Å². The maximum Gasteiger partial charge on any atom is 0.257 e. The van der Waals surface area contributed by atoms with E-state index in [1.54, 1.807) is 24.4 Å². The summed E-state index contributed by atoms with van der Waals surface area (Å²) in [4.78, 5) is 49.6. The van der Waals surface area contributed by atoms with Crippen LogP contribution in [0.25, 0.3) is 0 Å². The van der Waals surface area contributed by atoms with Gasteiger partial charge in [-0.1, -0.05) is 19.3 Å². The molecule has 38 heavy (non-hydrogen) atoms. The maximum absolute atomic E-state index is 13.3. The van der Waals surface area contributed by atoms with Gasteiger partial charge in [-0.05, 0) is 56.1 Å². The van der Waals surface area contributed by atoms with Crippen LogP contribution in [0, 0.1) is 5.92 Å². The lowest BCUT2D eigenvalue weighted by atomic mass is 9.88. The van der Waals surface area contributed by atoms with Gasteiger partial charge in [0.2, 0.25) is 5.91 Å². The van der Waals surface area contributed by atoms with E-state index >= 15 is 0 Å². The number of aromatic nitrogens is 1. The predicted octanol–water partition coefficient (Wildman–Crippen LogP) is 3.00. The van der Waals surface area contributed by atoms with Gasteiger partial charge in [-0.2, -0.15) is 0 Å². The molecule has 0 spiro atoms. The number of rotatable bonds is 5. The minimum absolute atomic E-state index is 0.0278. The van der Waals surface area contributed by atoms with Gasteiger partial charge < -0.3 is 25.3 Å². The number of hydrogen-bond donors (Lipinski definition) is 2. The topological polar surface area (TPSA) is 97.9 Å². The second kappa shape index (κ2) is 12.4. The summed E-state index contributed by atoms with van der Waals surface area (Å²) in [6, 6.07) is 9.03. The van der Waals surface area contributed by atoms with Crippen molar-refractivity contribution in [2.75, 3.05) is 62.6 Å². The Morgan fingerprint density at radius 3 is 2.42 bits per heavy atom. The number of pyridine rings is 1. The number of carbonyl (C=O) groups is 3. The van der Waals surface area contributed by atoms with Crippen LogP contribution in [0.3, 0.4) is 0 Å². The van der Waals surface area contributed by atoms with E-state index in [0.29, 0.717) is 62.0 Å². The molecule has 2 aromatic rings. The number of hydrogen-bond acceptors (Lipinski definition) is 6. The van der Waals surface area contributed by atoms with Gasteiger partial charge in [0, 0.05) is 69.7 Å². The van der Waals surface area contributed by atoms with Crippen LogP contribution in [0.2, 0.25) is 0 Å². The molecule has 3 aliphatic rings. The third-order valence-corrected chi connectivity index (χ3v) is 7.93. The van der Waals surface area contributed by atoms with E-state index in [0.717, 1.165) is 50.9 Å².